The molecule has 2 rings (SSSR count). The zero-order valence-electron chi connectivity index (χ0n) is 14.7. The summed E-state index contributed by atoms with van der Waals surface area (Å²) in [5.41, 5.74) is 0.452. The third-order valence-corrected chi connectivity index (χ3v) is 3.39. The summed E-state index contributed by atoms with van der Waals surface area (Å²) >= 11 is 0. The third-order valence-electron chi connectivity index (χ3n) is 3.39. The van der Waals surface area contributed by atoms with Crippen molar-refractivity contribution in [2.75, 3.05) is 34.0 Å². The molecule has 0 fully saturated rings. The van der Waals surface area contributed by atoms with Crippen molar-refractivity contribution < 1.29 is 23.7 Å². The molecule has 0 aromatic heterocycles. The second-order valence-corrected chi connectivity index (χ2v) is 5.14. The summed E-state index contributed by atoms with van der Waals surface area (Å²) in [7, 11) is 3.06. The van der Waals surface area contributed by atoms with Crippen LogP contribution < -0.4 is 24.3 Å². The summed E-state index contributed by atoms with van der Waals surface area (Å²) in [6.45, 7) is 0.490. The molecule has 0 radical (unpaired) electrons. The van der Waals surface area contributed by atoms with Gasteiger partial charge in [0.2, 0.25) is 0 Å². The number of methoxy groups -OCH3 is 2. The van der Waals surface area contributed by atoms with Gasteiger partial charge in [0.1, 0.15) is 18.1 Å². The minimum absolute atomic E-state index is 0.165. The normalized spacial score (nSPS) is 9.73. The van der Waals surface area contributed by atoms with Crippen molar-refractivity contribution in [3.8, 4) is 29.1 Å². The van der Waals surface area contributed by atoms with Gasteiger partial charge in [0.15, 0.2) is 18.1 Å². The molecule has 2 aromatic carbocycles. The molecule has 7 heteroatoms. The van der Waals surface area contributed by atoms with Crippen LogP contribution in [0.2, 0.25) is 0 Å². The molecular weight excluding hydrogens is 336 g/mol. The number of nitrogens with one attached hydrogen (secondary N) is 1. The number of benzene rings is 2. The fraction of sp³-hybridized carbons (Fsp3) is 0.263. The van der Waals surface area contributed by atoms with E-state index in [-0.39, 0.29) is 12.5 Å². The van der Waals surface area contributed by atoms with Crippen LogP contribution in [0.1, 0.15) is 5.56 Å². The van der Waals surface area contributed by atoms with Crippen LogP contribution in [-0.2, 0) is 4.79 Å². The molecule has 0 unspecified atom stereocenters. The van der Waals surface area contributed by atoms with Crippen LogP contribution in [0.4, 0.5) is 0 Å². The van der Waals surface area contributed by atoms with Gasteiger partial charge in [-0.2, -0.15) is 5.26 Å². The lowest BCUT2D eigenvalue weighted by atomic mass is 10.2. The zero-order valence-corrected chi connectivity index (χ0v) is 14.7. The Labute approximate surface area is 152 Å². The molecule has 1 amide bonds. The number of hydrogen-bond acceptors (Lipinski definition) is 6. The molecule has 26 heavy (non-hydrogen) atoms. The number of ether oxygens (including phenoxy) is 4. The highest BCUT2D eigenvalue weighted by Crippen LogP contribution is 2.27. The summed E-state index contributed by atoms with van der Waals surface area (Å²) in [4.78, 5) is 11.8. The van der Waals surface area contributed by atoms with Gasteiger partial charge in [-0.1, -0.05) is 6.07 Å². The summed E-state index contributed by atoms with van der Waals surface area (Å²) in [5, 5.41) is 11.6. The standard InChI is InChI=1S/C19H20N2O5/c1-23-15-4-3-5-16(11-15)25-9-8-21-19(22)13-26-17-7-6-14(12-20)10-18(17)24-2/h3-7,10-11H,8-9,13H2,1-2H3,(H,21,22). The molecule has 0 aliphatic rings. The average molecular weight is 356 g/mol. The molecule has 0 bridgehead atoms. The molecule has 0 aliphatic carbocycles. The van der Waals surface area contributed by atoms with E-state index in [1.807, 2.05) is 24.3 Å². The van der Waals surface area contributed by atoms with E-state index in [1.165, 1.54) is 7.11 Å². The third kappa shape index (κ3) is 5.60. The van der Waals surface area contributed by atoms with Gasteiger partial charge in [-0.25, -0.2) is 0 Å². The Bertz CT molecular complexity index is 786. The minimum Gasteiger partial charge on any atom is -0.497 e. The van der Waals surface area contributed by atoms with Gasteiger partial charge in [0, 0.05) is 12.1 Å². The number of carbonyl (C=O) groups is 1. The molecular formula is C19H20N2O5. The maximum atomic E-state index is 11.8. The number of amides is 1. The predicted molar refractivity (Wildman–Crippen MR) is 94.7 cm³/mol. The van der Waals surface area contributed by atoms with Crippen LogP contribution in [-0.4, -0.2) is 39.9 Å². The minimum atomic E-state index is -0.286. The Hall–Kier alpha value is -3.40. The van der Waals surface area contributed by atoms with E-state index in [4.69, 9.17) is 24.2 Å². The maximum absolute atomic E-state index is 11.8. The first-order valence-corrected chi connectivity index (χ1v) is 7.90. The summed E-state index contributed by atoms with van der Waals surface area (Å²) < 4.78 is 21.2. The lowest BCUT2D eigenvalue weighted by Crippen LogP contribution is -2.32. The maximum Gasteiger partial charge on any atom is 0.258 e. The Balaban J connectivity index is 1.73. The Morgan fingerprint density at radius 1 is 1.04 bits per heavy atom. The number of nitrogens with zero attached hydrogens (tertiary/aromatic N) is 1. The number of rotatable bonds is 9. The van der Waals surface area contributed by atoms with Crippen LogP contribution in [0.25, 0.3) is 0 Å². The fourth-order valence-corrected chi connectivity index (χ4v) is 2.10. The Morgan fingerprint density at radius 3 is 2.58 bits per heavy atom. The molecule has 136 valence electrons. The Kier molecular flexibility index (Phi) is 7.13. The number of nitriles is 1. The van der Waals surface area contributed by atoms with E-state index < -0.39 is 0 Å². The smallest absolute Gasteiger partial charge is 0.258 e. The van der Waals surface area contributed by atoms with Crippen LogP contribution in [0, 0.1) is 11.3 Å². The lowest BCUT2D eigenvalue weighted by molar-refractivity contribution is -0.123. The van der Waals surface area contributed by atoms with E-state index in [1.54, 1.807) is 31.4 Å². The van der Waals surface area contributed by atoms with Crippen LogP contribution >= 0.6 is 0 Å². The van der Waals surface area contributed by atoms with Crippen molar-refractivity contribution in [3.05, 3.63) is 48.0 Å². The van der Waals surface area contributed by atoms with Crippen molar-refractivity contribution in [3.63, 3.8) is 0 Å². The quantitative estimate of drug-likeness (QED) is 0.693. The lowest BCUT2D eigenvalue weighted by Gasteiger charge is -2.11. The molecule has 7 nitrogen and oxygen atoms in total. The number of carbonyl (C=O) groups excluding carboxylic acids is 1. The van der Waals surface area contributed by atoms with Gasteiger partial charge in [-0.05, 0) is 24.3 Å². The molecule has 0 aliphatic heterocycles. The van der Waals surface area contributed by atoms with Crippen molar-refractivity contribution in [2.24, 2.45) is 0 Å². The van der Waals surface area contributed by atoms with Gasteiger partial charge in [-0.15, -0.1) is 0 Å². The molecule has 2 aromatic rings. The highest BCUT2D eigenvalue weighted by atomic mass is 16.5. The first-order chi connectivity index (χ1) is 12.7. The number of hydrogen-bond donors (Lipinski definition) is 1. The largest absolute Gasteiger partial charge is 0.497 e. The topological polar surface area (TPSA) is 89.8 Å². The van der Waals surface area contributed by atoms with E-state index in [9.17, 15) is 4.79 Å². The SMILES string of the molecule is COc1cccc(OCCNC(=O)COc2ccc(C#N)cc2OC)c1. The average Bonchev–Trinajstić information content (AvgIpc) is 2.69. The molecule has 0 atom stereocenters. The van der Waals surface area contributed by atoms with E-state index in [2.05, 4.69) is 5.32 Å². The Morgan fingerprint density at radius 2 is 1.85 bits per heavy atom. The monoisotopic (exact) mass is 356 g/mol. The summed E-state index contributed by atoms with van der Waals surface area (Å²) in [5.74, 6) is 1.88. The highest BCUT2D eigenvalue weighted by Gasteiger charge is 2.08. The van der Waals surface area contributed by atoms with Gasteiger partial charge in [-0.3, -0.25) is 4.79 Å². The van der Waals surface area contributed by atoms with E-state index >= 15 is 0 Å². The van der Waals surface area contributed by atoms with Crippen LogP contribution in [0.3, 0.4) is 0 Å². The van der Waals surface area contributed by atoms with Gasteiger partial charge in [0.25, 0.3) is 5.91 Å². The molecule has 0 saturated heterocycles. The first-order valence-electron chi connectivity index (χ1n) is 7.90. The molecule has 0 heterocycles. The summed E-state index contributed by atoms with van der Waals surface area (Å²) in [6, 6.07) is 14.0. The fourth-order valence-electron chi connectivity index (χ4n) is 2.10. The van der Waals surface area contributed by atoms with Crippen LogP contribution in [0.15, 0.2) is 42.5 Å². The van der Waals surface area contributed by atoms with Crippen LogP contribution in [0.5, 0.6) is 23.0 Å². The predicted octanol–water partition coefficient (Wildman–Crippen LogP) is 2.15. The second-order valence-electron chi connectivity index (χ2n) is 5.14. The van der Waals surface area contributed by atoms with Gasteiger partial charge < -0.3 is 24.3 Å². The van der Waals surface area contributed by atoms with Gasteiger partial charge >= 0.3 is 0 Å². The molecule has 0 saturated carbocycles. The molecule has 0 spiro atoms. The van der Waals surface area contributed by atoms with E-state index in [0.29, 0.717) is 41.7 Å². The van der Waals surface area contributed by atoms with Crippen molar-refractivity contribution in [1.82, 2.24) is 5.32 Å². The highest BCUT2D eigenvalue weighted by molar-refractivity contribution is 5.77. The zero-order chi connectivity index (χ0) is 18.8. The first kappa shape index (κ1) is 18.9. The van der Waals surface area contributed by atoms with Gasteiger partial charge in [0.05, 0.1) is 32.4 Å². The second kappa shape index (κ2) is 9.79. The van der Waals surface area contributed by atoms with Crippen molar-refractivity contribution >= 4 is 5.91 Å². The van der Waals surface area contributed by atoms with Crippen molar-refractivity contribution in [1.29, 1.82) is 5.26 Å². The van der Waals surface area contributed by atoms with E-state index in [0.717, 1.165) is 0 Å². The molecule has 1 N–H and O–H groups in total. The summed E-state index contributed by atoms with van der Waals surface area (Å²) in [6.07, 6.45) is 0. The van der Waals surface area contributed by atoms with Crippen molar-refractivity contribution in [2.45, 2.75) is 0 Å².